The number of amides is 1. The standard InChI is InChI=1S/C22H36N4O2/c1-5-17(2)26-20(27)19-9-6-8-18(14-19)15-24-21(23-3)25-16-22(10-7-11-22)12-13-28-4/h6,8-9,14,17H,5,7,10-13,15-16H2,1-4H3,(H,26,27)(H2,23,24,25). The summed E-state index contributed by atoms with van der Waals surface area (Å²) in [5.74, 6) is 0.766. The van der Waals surface area contributed by atoms with Gasteiger partial charge >= 0.3 is 0 Å². The molecule has 6 nitrogen and oxygen atoms in total. The third-order valence-electron chi connectivity index (χ3n) is 5.74. The average molecular weight is 389 g/mol. The van der Waals surface area contributed by atoms with Crippen molar-refractivity contribution in [3.63, 3.8) is 0 Å². The first kappa shape index (κ1) is 22.2. The molecule has 1 aromatic rings. The van der Waals surface area contributed by atoms with Gasteiger partial charge in [0.25, 0.3) is 5.91 Å². The van der Waals surface area contributed by atoms with Crippen LogP contribution >= 0.6 is 0 Å². The van der Waals surface area contributed by atoms with Crippen molar-refractivity contribution >= 4 is 11.9 Å². The molecule has 0 bridgehead atoms. The van der Waals surface area contributed by atoms with Crippen LogP contribution in [-0.4, -0.2) is 45.2 Å². The average Bonchev–Trinajstić information content (AvgIpc) is 2.69. The van der Waals surface area contributed by atoms with E-state index in [1.54, 1.807) is 14.2 Å². The third kappa shape index (κ3) is 6.51. The summed E-state index contributed by atoms with van der Waals surface area (Å²) in [6.45, 7) is 6.41. The number of rotatable bonds is 10. The molecule has 1 fully saturated rings. The third-order valence-corrected chi connectivity index (χ3v) is 5.74. The summed E-state index contributed by atoms with van der Waals surface area (Å²) in [7, 11) is 3.55. The number of methoxy groups -OCH3 is 1. The molecule has 0 aliphatic heterocycles. The van der Waals surface area contributed by atoms with Crippen molar-refractivity contribution in [3.05, 3.63) is 35.4 Å². The van der Waals surface area contributed by atoms with Crippen LogP contribution in [0.25, 0.3) is 0 Å². The Kier molecular flexibility index (Phi) is 8.77. The first-order valence-corrected chi connectivity index (χ1v) is 10.3. The summed E-state index contributed by atoms with van der Waals surface area (Å²) in [5, 5.41) is 9.83. The highest BCUT2D eigenvalue weighted by Gasteiger charge is 2.36. The predicted octanol–water partition coefficient (Wildman–Crippen LogP) is 3.09. The van der Waals surface area contributed by atoms with Gasteiger partial charge in [-0.15, -0.1) is 0 Å². The molecular formula is C22H36N4O2. The van der Waals surface area contributed by atoms with E-state index in [0.29, 0.717) is 17.5 Å². The van der Waals surface area contributed by atoms with Crippen molar-refractivity contribution in [1.82, 2.24) is 16.0 Å². The Morgan fingerprint density at radius 1 is 1.32 bits per heavy atom. The normalized spacial score (nSPS) is 16.8. The van der Waals surface area contributed by atoms with E-state index in [2.05, 4.69) is 27.9 Å². The molecule has 156 valence electrons. The molecule has 1 atom stereocenters. The molecule has 0 spiro atoms. The van der Waals surface area contributed by atoms with Crippen molar-refractivity contribution in [3.8, 4) is 0 Å². The van der Waals surface area contributed by atoms with Gasteiger partial charge in [-0.2, -0.15) is 0 Å². The van der Waals surface area contributed by atoms with Crippen molar-refractivity contribution in [1.29, 1.82) is 0 Å². The van der Waals surface area contributed by atoms with Crippen LogP contribution in [0.5, 0.6) is 0 Å². The van der Waals surface area contributed by atoms with Gasteiger partial charge in [0.15, 0.2) is 5.96 Å². The van der Waals surface area contributed by atoms with Crippen LogP contribution in [0.15, 0.2) is 29.3 Å². The Morgan fingerprint density at radius 3 is 2.71 bits per heavy atom. The molecule has 0 saturated heterocycles. The molecule has 0 aromatic heterocycles. The van der Waals surface area contributed by atoms with Crippen molar-refractivity contribution in [2.75, 3.05) is 27.3 Å². The number of ether oxygens (including phenoxy) is 1. The van der Waals surface area contributed by atoms with Crippen LogP contribution in [0.1, 0.15) is 61.9 Å². The summed E-state index contributed by atoms with van der Waals surface area (Å²) in [5.41, 5.74) is 2.08. The number of nitrogens with zero attached hydrogens (tertiary/aromatic N) is 1. The predicted molar refractivity (Wildman–Crippen MR) is 115 cm³/mol. The first-order chi connectivity index (χ1) is 13.5. The number of aliphatic imine (C=N–C) groups is 1. The second-order valence-electron chi connectivity index (χ2n) is 7.86. The second kappa shape index (κ2) is 11.1. The van der Waals surface area contributed by atoms with Gasteiger partial charge in [0, 0.05) is 45.5 Å². The molecule has 0 heterocycles. The molecule has 2 rings (SSSR count). The molecule has 1 aromatic carbocycles. The number of carbonyl (C=O) groups excluding carboxylic acids is 1. The van der Waals surface area contributed by atoms with E-state index in [0.717, 1.165) is 37.5 Å². The van der Waals surface area contributed by atoms with E-state index in [1.807, 2.05) is 31.2 Å². The topological polar surface area (TPSA) is 74.8 Å². The quantitative estimate of drug-likeness (QED) is 0.425. The fraction of sp³-hybridized carbons (Fsp3) is 0.636. The lowest BCUT2D eigenvalue weighted by atomic mass is 9.67. The van der Waals surface area contributed by atoms with E-state index in [-0.39, 0.29) is 11.9 Å². The summed E-state index contributed by atoms with van der Waals surface area (Å²) in [6.07, 6.45) is 5.78. The Morgan fingerprint density at radius 2 is 2.11 bits per heavy atom. The van der Waals surface area contributed by atoms with Gasteiger partial charge in [-0.1, -0.05) is 25.5 Å². The number of hydrogen-bond acceptors (Lipinski definition) is 3. The van der Waals surface area contributed by atoms with Gasteiger partial charge < -0.3 is 20.7 Å². The number of nitrogens with one attached hydrogen (secondary N) is 3. The second-order valence-corrected chi connectivity index (χ2v) is 7.86. The maximum absolute atomic E-state index is 12.3. The Hall–Kier alpha value is -2.08. The monoisotopic (exact) mass is 388 g/mol. The number of carbonyl (C=O) groups is 1. The summed E-state index contributed by atoms with van der Waals surface area (Å²) in [4.78, 5) is 16.7. The minimum atomic E-state index is -0.0243. The van der Waals surface area contributed by atoms with Crippen LogP contribution < -0.4 is 16.0 Å². The van der Waals surface area contributed by atoms with Crippen LogP contribution in [0.3, 0.4) is 0 Å². The van der Waals surface area contributed by atoms with E-state index in [4.69, 9.17) is 4.74 Å². The largest absolute Gasteiger partial charge is 0.385 e. The molecule has 28 heavy (non-hydrogen) atoms. The maximum atomic E-state index is 12.3. The fourth-order valence-electron chi connectivity index (χ4n) is 3.42. The first-order valence-electron chi connectivity index (χ1n) is 10.3. The van der Waals surface area contributed by atoms with Gasteiger partial charge in [-0.25, -0.2) is 0 Å². The van der Waals surface area contributed by atoms with Crippen LogP contribution in [0.2, 0.25) is 0 Å². The Labute approximate surface area is 169 Å². The van der Waals surface area contributed by atoms with Crippen molar-refractivity contribution in [2.24, 2.45) is 10.4 Å². The minimum absolute atomic E-state index is 0.0243. The highest BCUT2D eigenvalue weighted by atomic mass is 16.5. The van der Waals surface area contributed by atoms with Gasteiger partial charge in [0.05, 0.1) is 0 Å². The molecule has 1 aliphatic carbocycles. The zero-order chi connectivity index (χ0) is 20.4. The van der Waals surface area contributed by atoms with E-state index < -0.39 is 0 Å². The summed E-state index contributed by atoms with van der Waals surface area (Å²) in [6, 6.07) is 7.90. The Balaban J connectivity index is 1.86. The summed E-state index contributed by atoms with van der Waals surface area (Å²) < 4.78 is 5.27. The highest BCUT2D eigenvalue weighted by Crippen LogP contribution is 2.43. The van der Waals surface area contributed by atoms with Crippen LogP contribution in [-0.2, 0) is 11.3 Å². The van der Waals surface area contributed by atoms with Gasteiger partial charge in [-0.3, -0.25) is 9.79 Å². The molecule has 1 amide bonds. The van der Waals surface area contributed by atoms with Crippen molar-refractivity contribution < 1.29 is 9.53 Å². The lowest BCUT2D eigenvalue weighted by Gasteiger charge is -2.42. The lowest BCUT2D eigenvalue weighted by molar-refractivity contribution is 0.0732. The SMILES string of the molecule is CCC(C)NC(=O)c1cccc(CNC(=NC)NCC2(CCOC)CCC2)c1. The van der Waals surface area contributed by atoms with Gasteiger partial charge in [0.2, 0.25) is 0 Å². The smallest absolute Gasteiger partial charge is 0.251 e. The minimum Gasteiger partial charge on any atom is -0.385 e. The van der Waals surface area contributed by atoms with Gasteiger partial charge in [0.1, 0.15) is 0 Å². The molecule has 1 saturated carbocycles. The highest BCUT2D eigenvalue weighted by molar-refractivity contribution is 5.94. The molecular weight excluding hydrogens is 352 g/mol. The van der Waals surface area contributed by atoms with Crippen LogP contribution in [0.4, 0.5) is 0 Å². The van der Waals surface area contributed by atoms with Crippen molar-refractivity contribution in [2.45, 2.75) is 58.5 Å². The van der Waals surface area contributed by atoms with Crippen LogP contribution in [0, 0.1) is 5.41 Å². The van der Waals surface area contributed by atoms with Gasteiger partial charge in [-0.05, 0) is 55.7 Å². The summed E-state index contributed by atoms with van der Waals surface area (Å²) >= 11 is 0. The lowest BCUT2D eigenvalue weighted by Crippen LogP contribution is -2.46. The molecule has 6 heteroatoms. The molecule has 1 aliphatic rings. The zero-order valence-electron chi connectivity index (χ0n) is 17.8. The number of guanidine groups is 1. The molecule has 1 unspecified atom stereocenters. The van der Waals surface area contributed by atoms with E-state index in [9.17, 15) is 4.79 Å². The number of hydrogen-bond donors (Lipinski definition) is 3. The molecule has 0 radical (unpaired) electrons. The number of benzene rings is 1. The fourth-order valence-corrected chi connectivity index (χ4v) is 3.42. The van der Waals surface area contributed by atoms with E-state index in [1.165, 1.54) is 19.3 Å². The Bertz CT molecular complexity index is 656. The maximum Gasteiger partial charge on any atom is 0.251 e. The van der Waals surface area contributed by atoms with E-state index >= 15 is 0 Å². The zero-order valence-corrected chi connectivity index (χ0v) is 17.8. The molecule has 3 N–H and O–H groups in total.